The summed E-state index contributed by atoms with van der Waals surface area (Å²) in [5.41, 5.74) is 2.16. The van der Waals surface area contributed by atoms with Gasteiger partial charge in [0.05, 0.1) is 4.91 Å². The fraction of sp³-hybridized carbons (Fsp3) is 0.0690. The number of nitrogens with one attached hydrogen (secondary N) is 1. The summed E-state index contributed by atoms with van der Waals surface area (Å²) in [6.45, 7) is -0.0462. The molecule has 0 spiro atoms. The van der Waals surface area contributed by atoms with Crippen LogP contribution in [0.1, 0.15) is 11.1 Å². The molecule has 1 aliphatic heterocycles. The van der Waals surface area contributed by atoms with Crippen LogP contribution >= 0.6 is 23.4 Å². The minimum absolute atomic E-state index is 0.224. The molecule has 1 N–H and O–H groups in total. The lowest BCUT2D eigenvalue weighted by atomic mass is 10.1. The second-order valence-electron chi connectivity index (χ2n) is 8.33. The first-order chi connectivity index (χ1) is 18.0. The SMILES string of the molecule is O=C(CN1C(=O)S/C(=C\c2ccccc2OCc2ccc3ccccc3c2)C1=O)Nc1cccc(Cl)c1. The Bertz CT molecular complexity index is 1550. The first-order valence-corrected chi connectivity index (χ1v) is 12.7. The van der Waals surface area contributed by atoms with E-state index in [9.17, 15) is 14.4 Å². The highest BCUT2D eigenvalue weighted by molar-refractivity contribution is 8.18. The van der Waals surface area contributed by atoms with Crippen molar-refractivity contribution in [3.63, 3.8) is 0 Å². The van der Waals surface area contributed by atoms with Crippen molar-refractivity contribution in [2.75, 3.05) is 11.9 Å². The van der Waals surface area contributed by atoms with Crippen LogP contribution in [-0.2, 0) is 16.2 Å². The van der Waals surface area contributed by atoms with Crippen LogP contribution < -0.4 is 10.1 Å². The molecule has 0 unspecified atom stereocenters. The lowest BCUT2D eigenvalue weighted by molar-refractivity contribution is -0.127. The van der Waals surface area contributed by atoms with Crippen molar-refractivity contribution in [2.24, 2.45) is 0 Å². The van der Waals surface area contributed by atoms with Crippen molar-refractivity contribution in [3.05, 3.63) is 112 Å². The van der Waals surface area contributed by atoms with E-state index in [0.29, 0.717) is 28.6 Å². The summed E-state index contributed by atoms with van der Waals surface area (Å²) >= 11 is 6.74. The molecule has 1 heterocycles. The number of carbonyl (C=O) groups excluding carboxylic acids is 3. The normalized spacial score (nSPS) is 14.4. The largest absolute Gasteiger partial charge is 0.488 e. The standard InChI is InChI=1S/C29H21ClN2O4S/c30-23-9-5-10-24(16-23)31-27(33)17-32-28(34)26(37-29(32)35)15-22-8-3-4-11-25(22)36-18-19-12-13-20-6-1-2-7-21(20)14-19/h1-16H,17-18H2,(H,31,33)/b26-15-. The van der Waals surface area contributed by atoms with Gasteiger partial charge in [-0.25, -0.2) is 0 Å². The number of halogens is 1. The van der Waals surface area contributed by atoms with Crippen LogP contribution in [0.25, 0.3) is 16.8 Å². The molecular weight excluding hydrogens is 508 g/mol. The van der Waals surface area contributed by atoms with E-state index in [1.807, 2.05) is 42.5 Å². The molecule has 0 radical (unpaired) electrons. The number of nitrogens with zero attached hydrogens (tertiary/aromatic N) is 1. The van der Waals surface area contributed by atoms with Crippen LogP contribution in [0.2, 0.25) is 5.02 Å². The third-order valence-electron chi connectivity index (χ3n) is 5.70. The van der Waals surface area contributed by atoms with E-state index in [1.165, 1.54) is 0 Å². The van der Waals surface area contributed by atoms with E-state index in [1.54, 1.807) is 30.3 Å². The van der Waals surface area contributed by atoms with Gasteiger partial charge in [0, 0.05) is 16.3 Å². The molecule has 1 saturated heterocycles. The Morgan fingerprint density at radius 2 is 1.70 bits per heavy atom. The fourth-order valence-electron chi connectivity index (χ4n) is 3.91. The van der Waals surface area contributed by atoms with Gasteiger partial charge in [-0.3, -0.25) is 19.3 Å². The predicted molar refractivity (Wildman–Crippen MR) is 147 cm³/mol. The Hall–Kier alpha value is -4.07. The molecule has 8 heteroatoms. The molecule has 0 atom stereocenters. The molecule has 4 aromatic rings. The highest BCUT2D eigenvalue weighted by atomic mass is 35.5. The van der Waals surface area contributed by atoms with Gasteiger partial charge < -0.3 is 10.1 Å². The van der Waals surface area contributed by atoms with Gasteiger partial charge in [-0.15, -0.1) is 0 Å². The highest BCUT2D eigenvalue weighted by Gasteiger charge is 2.36. The lowest BCUT2D eigenvalue weighted by Gasteiger charge is -2.13. The zero-order valence-corrected chi connectivity index (χ0v) is 21.1. The fourth-order valence-corrected chi connectivity index (χ4v) is 4.93. The number of ether oxygens (including phenoxy) is 1. The van der Waals surface area contributed by atoms with Crippen LogP contribution in [0.15, 0.2) is 95.9 Å². The number of hydrogen-bond donors (Lipinski definition) is 1. The van der Waals surface area contributed by atoms with Gasteiger partial charge in [-0.2, -0.15) is 0 Å². The summed E-state index contributed by atoms with van der Waals surface area (Å²) in [4.78, 5) is 39.1. The summed E-state index contributed by atoms with van der Waals surface area (Å²) in [5, 5.41) is 4.89. The predicted octanol–water partition coefficient (Wildman–Crippen LogP) is 6.75. The van der Waals surface area contributed by atoms with E-state index in [4.69, 9.17) is 16.3 Å². The van der Waals surface area contributed by atoms with Crippen molar-refractivity contribution >= 4 is 63.0 Å². The number of para-hydroxylation sites is 1. The molecule has 0 aromatic heterocycles. The molecule has 0 bridgehead atoms. The number of anilines is 1. The van der Waals surface area contributed by atoms with Crippen molar-refractivity contribution in [1.82, 2.24) is 4.90 Å². The monoisotopic (exact) mass is 528 g/mol. The van der Waals surface area contributed by atoms with E-state index < -0.39 is 23.6 Å². The number of rotatable bonds is 7. The summed E-state index contributed by atoms with van der Waals surface area (Å²) in [6, 6.07) is 28.2. The van der Waals surface area contributed by atoms with Crippen molar-refractivity contribution < 1.29 is 19.1 Å². The van der Waals surface area contributed by atoms with E-state index in [0.717, 1.165) is 33.0 Å². The lowest BCUT2D eigenvalue weighted by Crippen LogP contribution is -2.36. The Labute approximate surface area is 222 Å². The van der Waals surface area contributed by atoms with E-state index in [2.05, 4.69) is 29.6 Å². The zero-order chi connectivity index (χ0) is 25.8. The van der Waals surface area contributed by atoms with Crippen molar-refractivity contribution in [3.8, 4) is 5.75 Å². The third kappa shape index (κ3) is 5.85. The summed E-state index contributed by atoms with van der Waals surface area (Å²) < 4.78 is 6.07. The maximum Gasteiger partial charge on any atom is 0.294 e. The minimum atomic E-state index is -0.527. The quantitative estimate of drug-likeness (QED) is 0.269. The van der Waals surface area contributed by atoms with Gasteiger partial charge in [0.1, 0.15) is 18.9 Å². The van der Waals surface area contributed by atoms with Gasteiger partial charge in [0.15, 0.2) is 0 Å². The number of carbonyl (C=O) groups is 3. The second kappa shape index (κ2) is 10.9. The average Bonchev–Trinajstić information content (AvgIpc) is 3.15. The number of thioether (sulfide) groups is 1. The van der Waals surface area contributed by atoms with Crippen LogP contribution in [0, 0.1) is 0 Å². The first kappa shape index (κ1) is 24.6. The highest BCUT2D eigenvalue weighted by Crippen LogP contribution is 2.34. The van der Waals surface area contributed by atoms with Gasteiger partial charge >= 0.3 is 0 Å². The Morgan fingerprint density at radius 3 is 2.54 bits per heavy atom. The minimum Gasteiger partial charge on any atom is -0.488 e. The smallest absolute Gasteiger partial charge is 0.294 e. The third-order valence-corrected chi connectivity index (χ3v) is 6.84. The summed E-state index contributed by atoms with van der Waals surface area (Å²) in [7, 11) is 0. The maximum atomic E-state index is 13.0. The topological polar surface area (TPSA) is 75.7 Å². The molecule has 1 aliphatic rings. The molecule has 6 nitrogen and oxygen atoms in total. The average molecular weight is 529 g/mol. The Balaban J connectivity index is 1.28. The van der Waals surface area contributed by atoms with Gasteiger partial charge in [0.25, 0.3) is 11.1 Å². The molecule has 3 amide bonds. The Kier molecular flexibility index (Phi) is 7.25. The molecule has 0 saturated carbocycles. The Morgan fingerprint density at radius 1 is 0.919 bits per heavy atom. The number of imide groups is 1. The number of hydrogen-bond acceptors (Lipinski definition) is 5. The summed E-state index contributed by atoms with van der Waals surface area (Å²) in [5.74, 6) is -0.438. The van der Waals surface area contributed by atoms with Gasteiger partial charge in [-0.1, -0.05) is 72.3 Å². The van der Waals surface area contributed by atoms with Crippen molar-refractivity contribution in [2.45, 2.75) is 6.61 Å². The van der Waals surface area contributed by atoms with Crippen LogP contribution in [0.3, 0.4) is 0 Å². The zero-order valence-electron chi connectivity index (χ0n) is 19.5. The van der Waals surface area contributed by atoms with Gasteiger partial charge in [-0.05, 0) is 64.5 Å². The number of benzene rings is 4. The van der Waals surface area contributed by atoms with Crippen LogP contribution in [-0.4, -0.2) is 28.5 Å². The number of amides is 3. The molecule has 0 aliphatic carbocycles. The van der Waals surface area contributed by atoms with E-state index in [-0.39, 0.29) is 4.91 Å². The molecule has 5 rings (SSSR count). The molecule has 37 heavy (non-hydrogen) atoms. The van der Waals surface area contributed by atoms with Crippen LogP contribution in [0.5, 0.6) is 5.75 Å². The van der Waals surface area contributed by atoms with Crippen LogP contribution in [0.4, 0.5) is 10.5 Å². The molecule has 1 fully saturated rings. The summed E-state index contributed by atoms with van der Waals surface area (Å²) in [6.07, 6.45) is 1.62. The first-order valence-electron chi connectivity index (χ1n) is 11.5. The van der Waals surface area contributed by atoms with Gasteiger partial charge in [0.2, 0.25) is 5.91 Å². The molecular formula is C29H21ClN2O4S. The molecule has 184 valence electrons. The molecule has 4 aromatic carbocycles. The second-order valence-corrected chi connectivity index (χ2v) is 9.76. The van der Waals surface area contributed by atoms with E-state index >= 15 is 0 Å². The van der Waals surface area contributed by atoms with Crippen molar-refractivity contribution in [1.29, 1.82) is 0 Å². The maximum absolute atomic E-state index is 13.0. The number of fused-ring (bicyclic) bond motifs is 1.